The third-order valence-electron chi connectivity index (χ3n) is 3.70. The Labute approximate surface area is 143 Å². The van der Waals surface area contributed by atoms with Gasteiger partial charge in [-0.25, -0.2) is 8.96 Å². The molecule has 0 saturated heterocycles. The van der Waals surface area contributed by atoms with Crippen LogP contribution in [0.25, 0.3) is 16.9 Å². The van der Waals surface area contributed by atoms with Gasteiger partial charge in [0.15, 0.2) is 5.69 Å². The number of halogens is 2. The zero-order valence-corrected chi connectivity index (χ0v) is 14.1. The average molecular weight is 377 g/mol. The van der Waals surface area contributed by atoms with Crippen LogP contribution >= 0.6 is 11.8 Å². The summed E-state index contributed by atoms with van der Waals surface area (Å²) in [5.74, 6) is 0.884. The average Bonchev–Trinajstić information content (AvgIpc) is 3.11. The molecule has 0 spiro atoms. The molecule has 22 heavy (non-hydrogen) atoms. The minimum atomic E-state index is -0.197. The van der Waals surface area contributed by atoms with Gasteiger partial charge in [0.1, 0.15) is 24.2 Å². The second kappa shape index (κ2) is 6.26. The largest absolute Gasteiger partial charge is 1.00 e. The van der Waals surface area contributed by atoms with Gasteiger partial charge in [-0.3, -0.25) is 0 Å². The molecule has 5 heteroatoms. The number of hydrogen-bond acceptors (Lipinski definition) is 1. The van der Waals surface area contributed by atoms with Gasteiger partial charge < -0.3 is 17.0 Å². The van der Waals surface area contributed by atoms with Crippen molar-refractivity contribution in [3.8, 4) is 16.9 Å². The number of thioether (sulfide) groups is 1. The number of nitrogens with zero attached hydrogens (tertiary/aromatic N) is 2. The molecule has 1 aromatic heterocycles. The first kappa shape index (κ1) is 15.3. The molecule has 4 rings (SSSR count). The van der Waals surface area contributed by atoms with E-state index in [1.54, 1.807) is 0 Å². The number of hydrogen-bond donors (Lipinski definition) is 0. The first-order valence-corrected chi connectivity index (χ1v) is 7.91. The zero-order valence-electron chi connectivity index (χ0n) is 11.7. The lowest BCUT2D eigenvalue weighted by molar-refractivity contribution is -0.713. The second-order valence-electron chi connectivity index (χ2n) is 5.01. The number of para-hydroxylation sites is 1. The van der Waals surface area contributed by atoms with Crippen molar-refractivity contribution in [3.05, 3.63) is 66.6 Å². The lowest BCUT2D eigenvalue weighted by atomic mass is 10.1. The van der Waals surface area contributed by atoms with Crippen molar-refractivity contribution in [3.63, 3.8) is 0 Å². The number of imidazole rings is 1. The number of rotatable bonds is 2. The Kier molecular flexibility index (Phi) is 4.36. The van der Waals surface area contributed by atoms with Crippen molar-refractivity contribution in [2.24, 2.45) is 0 Å². The van der Waals surface area contributed by atoms with Crippen LogP contribution in [0.15, 0.2) is 66.0 Å². The van der Waals surface area contributed by atoms with E-state index in [1.807, 2.05) is 42.1 Å². The van der Waals surface area contributed by atoms with E-state index in [4.69, 9.17) is 0 Å². The Morgan fingerprint density at radius 2 is 1.73 bits per heavy atom. The fraction of sp³-hybridized carbons (Fsp3) is 0.118. The first-order chi connectivity index (χ1) is 10.3. The van der Waals surface area contributed by atoms with Crippen molar-refractivity contribution < 1.29 is 25.9 Å². The number of benzene rings is 2. The maximum Gasteiger partial charge on any atom is 0.323 e. The fourth-order valence-electron chi connectivity index (χ4n) is 2.70. The van der Waals surface area contributed by atoms with Crippen LogP contribution in [0.2, 0.25) is 0 Å². The van der Waals surface area contributed by atoms with Crippen LogP contribution in [-0.2, 0) is 6.54 Å². The Morgan fingerprint density at radius 3 is 2.45 bits per heavy atom. The van der Waals surface area contributed by atoms with Gasteiger partial charge in [0.05, 0.1) is 0 Å². The molecule has 0 radical (unpaired) electrons. The summed E-state index contributed by atoms with van der Waals surface area (Å²) in [7, 11) is 0. The maximum absolute atomic E-state index is 13.1. The maximum atomic E-state index is 13.1. The smallest absolute Gasteiger partial charge is 0.323 e. The van der Waals surface area contributed by atoms with Gasteiger partial charge in [0.25, 0.3) is 0 Å². The summed E-state index contributed by atoms with van der Waals surface area (Å²) >= 11 is 1.86. The van der Waals surface area contributed by atoms with Crippen LogP contribution in [0.4, 0.5) is 4.39 Å². The van der Waals surface area contributed by atoms with E-state index in [9.17, 15) is 4.39 Å². The van der Waals surface area contributed by atoms with Crippen LogP contribution in [0.1, 0.15) is 0 Å². The standard InChI is InChI=1S/C17H14FN2S.BrH/c18-14-8-6-13(7-9-14)16-12-20(15-4-2-1-3-5-15)17-19(16)10-11-21-17;/h1-9,12H,10-11H2;1H/q+1;/p-1. The van der Waals surface area contributed by atoms with Gasteiger partial charge in [-0.15, -0.1) is 0 Å². The minimum absolute atomic E-state index is 0. The van der Waals surface area contributed by atoms with Crippen molar-refractivity contribution >= 4 is 11.8 Å². The number of fused-ring (bicyclic) bond motifs is 1. The van der Waals surface area contributed by atoms with Gasteiger partial charge in [-0.1, -0.05) is 18.2 Å². The molecule has 0 atom stereocenters. The molecule has 3 aromatic rings. The van der Waals surface area contributed by atoms with Crippen LogP contribution < -0.4 is 21.5 Å². The highest BCUT2D eigenvalue weighted by Gasteiger charge is 2.30. The van der Waals surface area contributed by atoms with E-state index in [0.717, 1.165) is 29.2 Å². The summed E-state index contributed by atoms with van der Waals surface area (Å²) in [6, 6.07) is 17.0. The van der Waals surface area contributed by atoms with E-state index in [2.05, 4.69) is 27.5 Å². The molecule has 0 unspecified atom stereocenters. The molecule has 0 bridgehead atoms. The Morgan fingerprint density at radius 1 is 1.00 bits per heavy atom. The van der Waals surface area contributed by atoms with Crippen molar-refractivity contribution in [1.29, 1.82) is 0 Å². The Hall–Kier alpha value is -1.59. The molecule has 1 aliphatic rings. The third kappa shape index (κ3) is 2.59. The van der Waals surface area contributed by atoms with Crippen molar-refractivity contribution in [1.82, 2.24) is 4.57 Å². The summed E-state index contributed by atoms with van der Waals surface area (Å²) in [5, 5.41) is 1.24. The molecule has 1 aliphatic heterocycles. The lowest BCUT2D eigenvalue weighted by Crippen LogP contribution is -3.00. The zero-order chi connectivity index (χ0) is 14.2. The predicted molar refractivity (Wildman–Crippen MR) is 82.1 cm³/mol. The molecule has 0 amide bonds. The highest BCUT2D eigenvalue weighted by molar-refractivity contribution is 7.99. The summed E-state index contributed by atoms with van der Waals surface area (Å²) < 4.78 is 17.7. The van der Waals surface area contributed by atoms with Crippen molar-refractivity contribution in [2.75, 3.05) is 5.75 Å². The van der Waals surface area contributed by atoms with Gasteiger partial charge in [0, 0.05) is 11.3 Å². The molecule has 2 nitrogen and oxygen atoms in total. The van der Waals surface area contributed by atoms with Crippen LogP contribution in [0.5, 0.6) is 0 Å². The molecule has 2 heterocycles. The van der Waals surface area contributed by atoms with E-state index >= 15 is 0 Å². The number of aromatic nitrogens is 2. The monoisotopic (exact) mass is 376 g/mol. The van der Waals surface area contributed by atoms with E-state index < -0.39 is 0 Å². The summed E-state index contributed by atoms with van der Waals surface area (Å²) in [4.78, 5) is 0. The topological polar surface area (TPSA) is 8.81 Å². The highest BCUT2D eigenvalue weighted by atomic mass is 79.9. The third-order valence-corrected chi connectivity index (χ3v) is 4.76. The SMILES string of the molecule is Fc1ccc(-c2cn(-c3ccccc3)c3[n+]2CCS3)cc1.[Br-]. The highest BCUT2D eigenvalue weighted by Crippen LogP contribution is 2.29. The fourth-order valence-corrected chi connectivity index (χ4v) is 3.80. The van der Waals surface area contributed by atoms with Gasteiger partial charge in [-0.05, 0) is 48.2 Å². The molecule has 112 valence electrons. The summed E-state index contributed by atoms with van der Waals surface area (Å²) in [5.41, 5.74) is 3.35. The molecule has 2 aromatic carbocycles. The van der Waals surface area contributed by atoms with Gasteiger partial charge in [0.2, 0.25) is 0 Å². The summed E-state index contributed by atoms with van der Waals surface area (Å²) in [6.45, 7) is 0.993. The minimum Gasteiger partial charge on any atom is -1.00 e. The van der Waals surface area contributed by atoms with E-state index in [0.29, 0.717) is 0 Å². The van der Waals surface area contributed by atoms with E-state index in [-0.39, 0.29) is 22.8 Å². The van der Waals surface area contributed by atoms with Crippen LogP contribution in [-0.4, -0.2) is 10.3 Å². The van der Waals surface area contributed by atoms with Crippen molar-refractivity contribution in [2.45, 2.75) is 11.7 Å². The van der Waals surface area contributed by atoms with Crippen LogP contribution in [0, 0.1) is 5.82 Å². The molecule has 0 fully saturated rings. The van der Waals surface area contributed by atoms with Gasteiger partial charge in [-0.2, -0.15) is 4.57 Å². The van der Waals surface area contributed by atoms with E-state index in [1.165, 1.54) is 17.3 Å². The molecule has 0 saturated carbocycles. The van der Waals surface area contributed by atoms with Gasteiger partial charge >= 0.3 is 5.16 Å². The molecule has 0 N–H and O–H groups in total. The molecular weight excluding hydrogens is 363 g/mol. The quantitative estimate of drug-likeness (QED) is 0.597. The summed E-state index contributed by atoms with van der Waals surface area (Å²) in [6.07, 6.45) is 2.14. The molecular formula is C17H14BrFN2S. The molecule has 0 aliphatic carbocycles. The lowest BCUT2D eigenvalue weighted by Gasteiger charge is -1.97. The first-order valence-electron chi connectivity index (χ1n) is 6.92. The predicted octanol–water partition coefficient (Wildman–Crippen LogP) is 0.681. The normalized spacial score (nSPS) is 12.8. The second-order valence-corrected chi connectivity index (χ2v) is 6.07. The van der Waals surface area contributed by atoms with Crippen LogP contribution in [0.3, 0.4) is 0 Å². The Balaban J connectivity index is 0.00000144. The Bertz CT molecular complexity index is 784.